The Labute approximate surface area is 123 Å². The van der Waals surface area contributed by atoms with Crippen LogP contribution >= 0.6 is 0 Å². The average Bonchev–Trinajstić information content (AvgIpc) is 3.23. The van der Waals surface area contributed by atoms with Crippen LogP contribution in [0.4, 0.5) is 0 Å². The van der Waals surface area contributed by atoms with Gasteiger partial charge < -0.3 is 10.1 Å². The average molecular weight is 276 g/mol. The van der Waals surface area contributed by atoms with Crippen LogP contribution < -0.4 is 10.1 Å². The molecular weight excluding hydrogens is 248 g/mol. The molecule has 3 heteroatoms. The molecular formula is C17H28N2O. The first kappa shape index (κ1) is 15.3. The molecule has 0 aromatic heterocycles. The van der Waals surface area contributed by atoms with Crippen molar-refractivity contribution in [2.45, 2.75) is 58.3 Å². The first-order valence-corrected chi connectivity index (χ1v) is 7.75. The molecule has 0 amide bonds. The van der Waals surface area contributed by atoms with E-state index >= 15 is 0 Å². The molecule has 112 valence electrons. The van der Waals surface area contributed by atoms with Crippen LogP contribution in [0.25, 0.3) is 0 Å². The number of benzene rings is 1. The van der Waals surface area contributed by atoms with Gasteiger partial charge in [-0.05, 0) is 46.7 Å². The summed E-state index contributed by atoms with van der Waals surface area (Å²) < 4.78 is 5.85. The molecule has 1 saturated carbocycles. The van der Waals surface area contributed by atoms with Crippen molar-refractivity contribution in [3.05, 3.63) is 29.8 Å². The van der Waals surface area contributed by atoms with Crippen LogP contribution in [0.15, 0.2) is 24.3 Å². The third-order valence-electron chi connectivity index (χ3n) is 3.91. The lowest BCUT2D eigenvalue weighted by atomic mass is 10.2. The predicted molar refractivity (Wildman–Crippen MR) is 84.2 cm³/mol. The molecule has 1 N–H and O–H groups in total. The molecule has 20 heavy (non-hydrogen) atoms. The van der Waals surface area contributed by atoms with Crippen molar-refractivity contribution < 1.29 is 4.74 Å². The standard InChI is InChI=1S/C17H28N2O/c1-13(2)20-17-8-6-5-7-15(17)12-18-11-14(3)19(4)16-9-10-16/h5-8,13-14,16,18H,9-12H2,1-4H3. The zero-order valence-electron chi connectivity index (χ0n) is 13.2. The maximum atomic E-state index is 5.85. The number of nitrogens with zero attached hydrogens (tertiary/aromatic N) is 1. The maximum absolute atomic E-state index is 5.85. The Morgan fingerprint density at radius 1 is 1.25 bits per heavy atom. The number of rotatable bonds is 8. The molecule has 1 unspecified atom stereocenters. The minimum atomic E-state index is 0.219. The van der Waals surface area contributed by atoms with E-state index in [1.54, 1.807) is 0 Å². The summed E-state index contributed by atoms with van der Waals surface area (Å²) in [6.07, 6.45) is 2.95. The fraction of sp³-hybridized carbons (Fsp3) is 0.647. The fourth-order valence-electron chi connectivity index (χ4n) is 2.42. The lowest BCUT2D eigenvalue weighted by molar-refractivity contribution is 0.234. The molecule has 2 rings (SSSR count). The minimum absolute atomic E-state index is 0.219. The van der Waals surface area contributed by atoms with E-state index < -0.39 is 0 Å². The normalized spacial score (nSPS) is 16.7. The third kappa shape index (κ3) is 4.50. The Hall–Kier alpha value is -1.06. The van der Waals surface area contributed by atoms with E-state index in [-0.39, 0.29) is 6.10 Å². The van der Waals surface area contributed by atoms with E-state index in [0.29, 0.717) is 6.04 Å². The highest BCUT2D eigenvalue weighted by molar-refractivity contribution is 5.33. The van der Waals surface area contributed by atoms with Crippen LogP contribution in [0.2, 0.25) is 0 Å². The summed E-state index contributed by atoms with van der Waals surface area (Å²) >= 11 is 0. The third-order valence-corrected chi connectivity index (χ3v) is 3.91. The van der Waals surface area contributed by atoms with E-state index in [2.05, 4.69) is 56.2 Å². The lowest BCUT2D eigenvalue weighted by Gasteiger charge is -2.25. The van der Waals surface area contributed by atoms with Crippen LogP contribution in [-0.2, 0) is 6.54 Å². The smallest absolute Gasteiger partial charge is 0.124 e. The Morgan fingerprint density at radius 2 is 1.95 bits per heavy atom. The molecule has 1 atom stereocenters. The van der Waals surface area contributed by atoms with Gasteiger partial charge >= 0.3 is 0 Å². The fourth-order valence-corrected chi connectivity index (χ4v) is 2.42. The van der Waals surface area contributed by atoms with Crippen molar-refractivity contribution in [2.24, 2.45) is 0 Å². The monoisotopic (exact) mass is 276 g/mol. The molecule has 1 aromatic rings. The van der Waals surface area contributed by atoms with E-state index in [4.69, 9.17) is 4.74 Å². The van der Waals surface area contributed by atoms with Crippen LogP contribution in [0, 0.1) is 0 Å². The number of ether oxygens (including phenoxy) is 1. The van der Waals surface area contributed by atoms with Crippen LogP contribution in [0.3, 0.4) is 0 Å². The van der Waals surface area contributed by atoms with Crippen molar-refractivity contribution in [3.8, 4) is 5.75 Å². The summed E-state index contributed by atoms with van der Waals surface area (Å²) in [7, 11) is 2.24. The number of hydrogen-bond donors (Lipinski definition) is 1. The van der Waals surface area contributed by atoms with Crippen molar-refractivity contribution >= 4 is 0 Å². The molecule has 0 radical (unpaired) electrons. The summed E-state index contributed by atoms with van der Waals surface area (Å²) in [4.78, 5) is 2.49. The largest absolute Gasteiger partial charge is 0.491 e. The van der Waals surface area contributed by atoms with E-state index in [1.807, 2.05) is 6.07 Å². The van der Waals surface area contributed by atoms with Crippen molar-refractivity contribution in [3.63, 3.8) is 0 Å². The Balaban J connectivity index is 1.81. The zero-order chi connectivity index (χ0) is 14.5. The highest BCUT2D eigenvalue weighted by Gasteiger charge is 2.28. The SMILES string of the molecule is CC(C)Oc1ccccc1CNCC(C)N(C)C1CC1. The molecule has 0 bridgehead atoms. The van der Waals surface area contributed by atoms with Gasteiger partial charge in [0, 0.05) is 30.7 Å². The first-order chi connectivity index (χ1) is 9.58. The van der Waals surface area contributed by atoms with Gasteiger partial charge in [-0.2, -0.15) is 0 Å². The molecule has 0 heterocycles. The quantitative estimate of drug-likeness (QED) is 0.790. The van der Waals surface area contributed by atoms with E-state index in [9.17, 15) is 0 Å². The second-order valence-corrected chi connectivity index (χ2v) is 6.15. The van der Waals surface area contributed by atoms with E-state index in [0.717, 1.165) is 24.9 Å². The molecule has 0 spiro atoms. The summed E-state index contributed by atoms with van der Waals surface area (Å²) in [5.74, 6) is 0.998. The van der Waals surface area contributed by atoms with E-state index in [1.165, 1.54) is 18.4 Å². The molecule has 3 nitrogen and oxygen atoms in total. The number of para-hydroxylation sites is 1. The Bertz CT molecular complexity index is 415. The zero-order valence-corrected chi connectivity index (χ0v) is 13.2. The number of likely N-dealkylation sites (N-methyl/N-ethyl adjacent to an activating group) is 1. The maximum Gasteiger partial charge on any atom is 0.124 e. The van der Waals surface area contributed by atoms with Crippen LogP contribution in [-0.4, -0.2) is 36.7 Å². The molecule has 0 saturated heterocycles. The minimum Gasteiger partial charge on any atom is -0.491 e. The Morgan fingerprint density at radius 3 is 2.60 bits per heavy atom. The van der Waals surface area contributed by atoms with Gasteiger partial charge in [0.05, 0.1) is 6.10 Å². The van der Waals surface area contributed by atoms with Crippen molar-refractivity contribution in [1.29, 1.82) is 0 Å². The molecule has 1 aromatic carbocycles. The van der Waals surface area contributed by atoms with Gasteiger partial charge in [-0.15, -0.1) is 0 Å². The van der Waals surface area contributed by atoms with Gasteiger partial charge in [0.25, 0.3) is 0 Å². The first-order valence-electron chi connectivity index (χ1n) is 7.75. The second-order valence-electron chi connectivity index (χ2n) is 6.15. The highest BCUT2D eigenvalue weighted by Crippen LogP contribution is 2.26. The summed E-state index contributed by atoms with van der Waals surface area (Å²) in [6.45, 7) is 8.31. The Kier molecular flexibility index (Phi) is 5.44. The molecule has 1 aliphatic rings. The molecule has 0 aliphatic heterocycles. The highest BCUT2D eigenvalue weighted by atomic mass is 16.5. The summed E-state index contributed by atoms with van der Waals surface area (Å²) in [6, 6.07) is 9.70. The van der Waals surface area contributed by atoms with Gasteiger partial charge in [-0.25, -0.2) is 0 Å². The lowest BCUT2D eigenvalue weighted by Crippen LogP contribution is -2.39. The summed E-state index contributed by atoms with van der Waals surface area (Å²) in [5, 5.41) is 3.56. The van der Waals surface area contributed by atoms with Gasteiger partial charge in [0.1, 0.15) is 5.75 Å². The van der Waals surface area contributed by atoms with Crippen LogP contribution in [0.5, 0.6) is 5.75 Å². The number of hydrogen-bond acceptors (Lipinski definition) is 3. The van der Waals surface area contributed by atoms with Crippen LogP contribution in [0.1, 0.15) is 39.2 Å². The van der Waals surface area contributed by atoms with Gasteiger partial charge in [0.2, 0.25) is 0 Å². The van der Waals surface area contributed by atoms with Crippen molar-refractivity contribution in [2.75, 3.05) is 13.6 Å². The van der Waals surface area contributed by atoms with Gasteiger partial charge in [-0.3, -0.25) is 4.90 Å². The summed E-state index contributed by atoms with van der Waals surface area (Å²) in [5.41, 5.74) is 1.24. The van der Waals surface area contributed by atoms with Crippen molar-refractivity contribution in [1.82, 2.24) is 10.2 Å². The van der Waals surface area contributed by atoms with Gasteiger partial charge in [-0.1, -0.05) is 18.2 Å². The topological polar surface area (TPSA) is 24.5 Å². The predicted octanol–water partition coefficient (Wildman–Crippen LogP) is 3.05. The molecule has 1 fully saturated rings. The number of nitrogens with one attached hydrogen (secondary N) is 1. The second kappa shape index (κ2) is 7.09. The molecule has 1 aliphatic carbocycles. The van der Waals surface area contributed by atoms with Gasteiger partial charge in [0.15, 0.2) is 0 Å².